The molecule has 1 N–H and O–H groups in total. The van der Waals surface area contributed by atoms with E-state index in [1.165, 1.54) is 6.07 Å². The normalized spacial score (nSPS) is 11.4. The Morgan fingerprint density at radius 2 is 1.89 bits per heavy atom. The van der Waals surface area contributed by atoms with E-state index in [-0.39, 0.29) is 4.90 Å². The molecule has 0 spiro atoms. The average Bonchev–Trinajstić information content (AvgIpc) is 2.31. The van der Waals surface area contributed by atoms with Gasteiger partial charge in [-0.2, -0.15) is 8.42 Å². The van der Waals surface area contributed by atoms with Crippen molar-refractivity contribution in [1.82, 2.24) is 4.98 Å². The van der Waals surface area contributed by atoms with Crippen LogP contribution in [0.5, 0.6) is 0 Å². The van der Waals surface area contributed by atoms with Crippen LogP contribution in [-0.2, 0) is 16.5 Å². The first kappa shape index (κ1) is 13.0. The molecule has 0 aliphatic carbocycles. The summed E-state index contributed by atoms with van der Waals surface area (Å²) in [5.74, 6) is 0. The summed E-state index contributed by atoms with van der Waals surface area (Å²) in [6, 6.07) is 9.69. The Morgan fingerprint density at radius 1 is 1.17 bits per heavy atom. The van der Waals surface area contributed by atoms with Crippen LogP contribution in [0.15, 0.2) is 47.5 Å². The molecule has 0 fully saturated rings. The van der Waals surface area contributed by atoms with Crippen molar-refractivity contribution in [3.05, 3.63) is 58.9 Å². The molecule has 4 nitrogen and oxygen atoms in total. The van der Waals surface area contributed by atoms with Crippen molar-refractivity contribution in [2.45, 2.75) is 11.3 Å². The van der Waals surface area contributed by atoms with E-state index >= 15 is 0 Å². The Hall–Kier alpha value is -1.43. The summed E-state index contributed by atoms with van der Waals surface area (Å²) in [5.41, 5.74) is 1.33. The van der Waals surface area contributed by atoms with Gasteiger partial charge in [0.1, 0.15) is 5.15 Å². The van der Waals surface area contributed by atoms with E-state index < -0.39 is 10.1 Å². The molecule has 2 rings (SSSR count). The topological polar surface area (TPSA) is 67.3 Å². The van der Waals surface area contributed by atoms with Crippen LogP contribution in [0.4, 0.5) is 0 Å². The van der Waals surface area contributed by atoms with Crippen LogP contribution in [0.25, 0.3) is 0 Å². The minimum absolute atomic E-state index is 0.0834. The quantitative estimate of drug-likeness (QED) is 0.694. The van der Waals surface area contributed by atoms with Gasteiger partial charge in [0.05, 0.1) is 4.90 Å². The number of hydrogen-bond acceptors (Lipinski definition) is 3. The van der Waals surface area contributed by atoms with Crippen LogP contribution in [0, 0.1) is 0 Å². The number of rotatable bonds is 3. The average molecular weight is 284 g/mol. The molecule has 0 bridgehead atoms. The van der Waals surface area contributed by atoms with E-state index in [1.807, 2.05) is 0 Å². The number of nitrogens with zero attached hydrogens (tertiary/aromatic N) is 1. The van der Waals surface area contributed by atoms with E-state index in [0.717, 1.165) is 5.56 Å². The fraction of sp³-hybridized carbons (Fsp3) is 0.0833. The van der Waals surface area contributed by atoms with Gasteiger partial charge in [-0.25, -0.2) is 4.98 Å². The first-order valence-electron chi connectivity index (χ1n) is 5.12. The lowest BCUT2D eigenvalue weighted by Crippen LogP contribution is -2.03. The minimum atomic E-state index is -4.21. The number of benzene rings is 1. The molecule has 0 unspecified atom stereocenters. The van der Waals surface area contributed by atoms with E-state index in [0.29, 0.717) is 17.1 Å². The third kappa shape index (κ3) is 3.07. The molecule has 1 heterocycles. The molecule has 0 radical (unpaired) electrons. The second-order valence-electron chi connectivity index (χ2n) is 3.75. The molecule has 0 amide bonds. The molecular weight excluding hydrogens is 274 g/mol. The number of hydrogen-bond donors (Lipinski definition) is 1. The first-order valence-corrected chi connectivity index (χ1v) is 6.94. The zero-order valence-electron chi connectivity index (χ0n) is 9.25. The van der Waals surface area contributed by atoms with Crippen LogP contribution in [0.3, 0.4) is 0 Å². The largest absolute Gasteiger partial charge is 0.294 e. The summed E-state index contributed by atoms with van der Waals surface area (Å²) in [6.45, 7) is 0. The first-order chi connectivity index (χ1) is 8.47. The maximum absolute atomic E-state index is 11.2. The molecule has 2 aromatic rings. The van der Waals surface area contributed by atoms with Crippen molar-refractivity contribution >= 4 is 21.7 Å². The third-order valence-corrected chi connectivity index (χ3v) is 3.61. The SMILES string of the molecule is O=S(=O)(O)c1ccccc1Cc1ccc(Cl)nc1. The van der Waals surface area contributed by atoms with Crippen LogP contribution in [-0.4, -0.2) is 18.0 Å². The summed E-state index contributed by atoms with van der Waals surface area (Å²) in [6.07, 6.45) is 1.93. The Morgan fingerprint density at radius 3 is 2.50 bits per heavy atom. The smallest absolute Gasteiger partial charge is 0.282 e. The fourth-order valence-electron chi connectivity index (χ4n) is 1.63. The van der Waals surface area contributed by atoms with Crippen molar-refractivity contribution in [2.24, 2.45) is 0 Å². The van der Waals surface area contributed by atoms with E-state index in [4.69, 9.17) is 16.2 Å². The van der Waals surface area contributed by atoms with Gasteiger partial charge in [0.2, 0.25) is 0 Å². The standard InChI is InChI=1S/C12H10ClNO3S/c13-12-6-5-9(8-14-12)7-10-3-1-2-4-11(10)18(15,16)17/h1-6,8H,7H2,(H,15,16,17). The molecule has 6 heteroatoms. The van der Waals surface area contributed by atoms with Gasteiger partial charge in [0.25, 0.3) is 10.1 Å². The molecule has 0 saturated heterocycles. The van der Waals surface area contributed by atoms with Crippen molar-refractivity contribution in [3.8, 4) is 0 Å². The van der Waals surface area contributed by atoms with Gasteiger partial charge >= 0.3 is 0 Å². The molecule has 0 atom stereocenters. The second-order valence-corrected chi connectivity index (χ2v) is 5.53. The highest BCUT2D eigenvalue weighted by Crippen LogP contribution is 2.19. The van der Waals surface area contributed by atoms with Gasteiger partial charge in [0, 0.05) is 12.6 Å². The Labute approximate surface area is 110 Å². The zero-order valence-corrected chi connectivity index (χ0v) is 10.8. The van der Waals surface area contributed by atoms with Gasteiger partial charge in [-0.05, 0) is 23.3 Å². The van der Waals surface area contributed by atoms with Gasteiger partial charge in [-0.3, -0.25) is 4.55 Å². The minimum Gasteiger partial charge on any atom is -0.282 e. The summed E-state index contributed by atoms with van der Waals surface area (Å²) in [4.78, 5) is 3.84. The van der Waals surface area contributed by atoms with Crippen LogP contribution in [0.1, 0.15) is 11.1 Å². The zero-order chi connectivity index (χ0) is 13.2. The molecule has 1 aromatic carbocycles. The van der Waals surface area contributed by atoms with Crippen LogP contribution < -0.4 is 0 Å². The number of halogens is 1. The predicted octanol–water partition coefficient (Wildman–Crippen LogP) is 2.57. The predicted molar refractivity (Wildman–Crippen MR) is 68.3 cm³/mol. The van der Waals surface area contributed by atoms with Gasteiger partial charge < -0.3 is 0 Å². The molecule has 94 valence electrons. The monoisotopic (exact) mass is 283 g/mol. The van der Waals surface area contributed by atoms with Crippen molar-refractivity contribution in [1.29, 1.82) is 0 Å². The lowest BCUT2D eigenvalue weighted by molar-refractivity contribution is 0.482. The summed E-state index contributed by atoms with van der Waals surface area (Å²) in [7, 11) is -4.21. The lowest BCUT2D eigenvalue weighted by atomic mass is 10.1. The van der Waals surface area contributed by atoms with Gasteiger partial charge in [-0.1, -0.05) is 35.9 Å². The molecule has 1 aromatic heterocycles. The highest BCUT2D eigenvalue weighted by molar-refractivity contribution is 7.85. The molecular formula is C12H10ClNO3S. The summed E-state index contributed by atoms with van der Waals surface area (Å²) >= 11 is 5.67. The van der Waals surface area contributed by atoms with E-state index in [2.05, 4.69) is 4.98 Å². The van der Waals surface area contributed by atoms with E-state index in [1.54, 1.807) is 36.5 Å². The Kier molecular flexibility index (Phi) is 3.65. The maximum Gasteiger partial charge on any atom is 0.294 e. The van der Waals surface area contributed by atoms with Crippen molar-refractivity contribution in [2.75, 3.05) is 0 Å². The third-order valence-electron chi connectivity index (χ3n) is 2.43. The van der Waals surface area contributed by atoms with Crippen LogP contribution >= 0.6 is 11.6 Å². The number of pyridine rings is 1. The number of aromatic nitrogens is 1. The Bertz CT molecular complexity index is 653. The molecule has 0 saturated carbocycles. The molecule has 0 aliphatic rings. The van der Waals surface area contributed by atoms with Crippen LogP contribution in [0.2, 0.25) is 5.15 Å². The summed E-state index contributed by atoms with van der Waals surface area (Å²) < 4.78 is 31.6. The maximum atomic E-state index is 11.2. The second kappa shape index (κ2) is 5.06. The van der Waals surface area contributed by atoms with E-state index in [9.17, 15) is 8.42 Å². The van der Waals surface area contributed by atoms with Crippen molar-refractivity contribution in [3.63, 3.8) is 0 Å². The van der Waals surface area contributed by atoms with Gasteiger partial charge in [-0.15, -0.1) is 0 Å². The van der Waals surface area contributed by atoms with Gasteiger partial charge in [0.15, 0.2) is 0 Å². The summed E-state index contributed by atoms with van der Waals surface area (Å²) in [5, 5.41) is 0.377. The highest BCUT2D eigenvalue weighted by Gasteiger charge is 2.14. The van der Waals surface area contributed by atoms with Crippen molar-refractivity contribution < 1.29 is 13.0 Å². The lowest BCUT2D eigenvalue weighted by Gasteiger charge is -2.06. The molecule has 0 aliphatic heterocycles. The highest BCUT2D eigenvalue weighted by atomic mass is 35.5. The molecule has 18 heavy (non-hydrogen) atoms. The fourth-order valence-corrected chi connectivity index (χ4v) is 2.47. The Balaban J connectivity index is 2.38.